The topological polar surface area (TPSA) is 20.3 Å². The molecule has 1 aromatic carbocycles. The second kappa shape index (κ2) is 5.32. The molecule has 2 rings (SSSR count). The molecule has 0 amide bonds. The number of benzene rings is 1. The minimum absolute atomic E-state index is 0.224. The number of halogens is 1. The Morgan fingerprint density at radius 1 is 1.24 bits per heavy atom. The second-order valence-corrected chi connectivity index (χ2v) is 5.68. The van der Waals surface area contributed by atoms with Crippen LogP contribution >= 0.6 is 15.9 Å². The number of hydrogen-bond acceptors (Lipinski definition) is 2. The Bertz CT molecular complexity index is 436. The second-order valence-electron chi connectivity index (χ2n) is 4.82. The largest absolute Gasteiger partial charge is 0.296 e. The van der Waals surface area contributed by atoms with Crippen LogP contribution in [0.25, 0.3) is 0 Å². The van der Waals surface area contributed by atoms with Crippen LogP contribution < -0.4 is 0 Å². The van der Waals surface area contributed by atoms with E-state index in [-0.39, 0.29) is 5.78 Å². The Hall–Kier alpha value is -0.670. The van der Waals surface area contributed by atoms with Gasteiger partial charge >= 0.3 is 0 Å². The fourth-order valence-corrected chi connectivity index (χ4v) is 2.90. The van der Waals surface area contributed by atoms with Crippen molar-refractivity contribution in [3.05, 3.63) is 33.3 Å². The van der Waals surface area contributed by atoms with E-state index in [2.05, 4.69) is 34.7 Å². The number of Topliss-reactive ketones (excluding diaryl/α,β-unsaturated/α-hetero) is 1. The van der Waals surface area contributed by atoms with Crippen molar-refractivity contribution in [2.75, 3.05) is 19.6 Å². The molecule has 0 spiro atoms. The molecular weight excluding hydrogens is 278 g/mol. The Balaban J connectivity index is 2.15. The first kappa shape index (κ1) is 12.8. The molecule has 0 bridgehead atoms. The zero-order valence-electron chi connectivity index (χ0n) is 10.4. The first-order chi connectivity index (χ1) is 8.08. The molecule has 0 N–H and O–H groups in total. The van der Waals surface area contributed by atoms with E-state index in [1.165, 1.54) is 24.0 Å². The van der Waals surface area contributed by atoms with Gasteiger partial charge in [0.05, 0.1) is 6.54 Å². The number of aryl methyl sites for hydroxylation is 2. The highest BCUT2D eigenvalue weighted by atomic mass is 79.9. The van der Waals surface area contributed by atoms with Gasteiger partial charge < -0.3 is 0 Å². The number of rotatable bonds is 3. The maximum absolute atomic E-state index is 12.2. The lowest BCUT2D eigenvalue weighted by molar-refractivity contribution is 0.0944. The van der Waals surface area contributed by atoms with Gasteiger partial charge in [-0.05, 0) is 63.0 Å². The van der Waals surface area contributed by atoms with Crippen molar-refractivity contribution < 1.29 is 4.79 Å². The van der Waals surface area contributed by atoms with Gasteiger partial charge in [0.2, 0.25) is 0 Å². The minimum Gasteiger partial charge on any atom is -0.296 e. The summed E-state index contributed by atoms with van der Waals surface area (Å²) in [5.41, 5.74) is 3.22. The summed E-state index contributed by atoms with van der Waals surface area (Å²) in [6.45, 7) is 6.80. The van der Waals surface area contributed by atoms with Gasteiger partial charge in [-0.2, -0.15) is 0 Å². The third-order valence-corrected chi connectivity index (χ3v) is 4.11. The van der Waals surface area contributed by atoms with Crippen molar-refractivity contribution in [2.45, 2.75) is 26.7 Å². The molecule has 92 valence electrons. The average Bonchev–Trinajstić information content (AvgIpc) is 2.76. The van der Waals surface area contributed by atoms with E-state index in [0.717, 1.165) is 23.1 Å². The van der Waals surface area contributed by atoms with E-state index >= 15 is 0 Å². The van der Waals surface area contributed by atoms with Crippen molar-refractivity contribution in [1.82, 2.24) is 4.90 Å². The van der Waals surface area contributed by atoms with Gasteiger partial charge in [-0.1, -0.05) is 15.9 Å². The average molecular weight is 296 g/mol. The predicted molar refractivity (Wildman–Crippen MR) is 73.6 cm³/mol. The molecular formula is C14H18BrNO. The van der Waals surface area contributed by atoms with Crippen LogP contribution in [0.1, 0.15) is 34.3 Å². The third-order valence-electron chi connectivity index (χ3n) is 3.45. The van der Waals surface area contributed by atoms with Gasteiger partial charge in [0.25, 0.3) is 0 Å². The van der Waals surface area contributed by atoms with Crippen molar-refractivity contribution in [3.8, 4) is 0 Å². The van der Waals surface area contributed by atoms with Crippen LogP contribution in [0.3, 0.4) is 0 Å². The Labute approximate surface area is 111 Å². The summed E-state index contributed by atoms with van der Waals surface area (Å²) in [5, 5.41) is 0. The highest BCUT2D eigenvalue weighted by molar-refractivity contribution is 9.10. The van der Waals surface area contributed by atoms with E-state index in [4.69, 9.17) is 0 Å². The van der Waals surface area contributed by atoms with E-state index in [9.17, 15) is 4.79 Å². The number of hydrogen-bond donors (Lipinski definition) is 0. The van der Waals surface area contributed by atoms with Gasteiger partial charge in [-0.15, -0.1) is 0 Å². The maximum Gasteiger partial charge on any atom is 0.177 e. The molecule has 1 aromatic rings. The summed E-state index contributed by atoms with van der Waals surface area (Å²) in [5.74, 6) is 0.224. The molecule has 0 radical (unpaired) electrons. The van der Waals surface area contributed by atoms with Crippen molar-refractivity contribution in [2.24, 2.45) is 0 Å². The fraction of sp³-hybridized carbons (Fsp3) is 0.500. The Morgan fingerprint density at radius 2 is 1.82 bits per heavy atom. The molecule has 0 unspecified atom stereocenters. The fourth-order valence-electron chi connectivity index (χ4n) is 2.22. The van der Waals surface area contributed by atoms with Gasteiger partial charge in [0, 0.05) is 10.0 Å². The summed E-state index contributed by atoms with van der Waals surface area (Å²) < 4.78 is 0.921. The predicted octanol–water partition coefficient (Wildman–Crippen LogP) is 3.34. The molecule has 0 atom stereocenters. The molecule has 1 saturated heterocycles. The summed E-state index contributed by atoms with van der Waals surface area (Å²) in [6, 6.07) is 4.03. The van der Waals surface area contributed by atoms with Crippen LogP contribution in [0.5, 0.6) is 0 Å². The van der Waals surface area contributed by atoms with Crippen LogP contribution in [-0.4, -0.2) is 30.3 Å². The number of carbonyl (C=O) groups is 1. The molecule has 1 aliphatic heterocycles. The zero-order valence-corrected chi connectivity index (χ0v) is 12.0. The molecule has 0 aromatic heterocycles. The lowest BCUT2D eigenvalue weighted by Crippen LogP contribution is -2.27. The minimum atomic E-state index is 0.224. The Morgan fingerprint density at radius 3 is 2.47 bits per heavy atom. The summed E-state index contributed by atoms with van der Waals surface area (Å²) >= 11 is 3.49. The molecule has 17 heavy (non-hydrogen) atoms. The quantitative estimate of drug-likeness (QED) is 0.797. The molecule has 3 heteroatoms. The number of carbonyl (C=O) groups excluding carboxylic acids is 1. The normalized spacial score (nSPS) is 16.4. The van der Waals surface area contributed by atoms with E-state index in [1.54, 1.807) is 0 Å². The van der Waals surface area contributed by atoms with Crippen LogP contribution in [0.4, 0.5) is 0 Å². The van der Waals surface area contributed by atoms with Crippen LogP contribution in [0.2, 0.25) is 0 Å². The van der Waals surface area contributed by atoms with E-state index in [0.29, 0.717) is 6.54 Å². The molecule has 1 heterocycles. The highest BCUT2D eigenvalue weighted by Crippen LogP contribution is 2.22. The summed E-state index contributed by atoms with van der Waals surface area (Å²) in [7, 11) is 0. The molecule has 0 aliphatic carbocycles. The molecule has 1 fully saturated rings. The first-order valence-electron chi connectivity index (χ1n) is 6.10. The van der Waals surface area contributed by atoms with Crippen LogP contribution in [-0.2, 0) is 0 Å². The van der Waals surface area contributed by atoms with E-state index < -0.39 is 0 Å². The summed E-state index contributed by atoms with van der Waals surface area (Å²) in [4.78, 5) is 14.5. The SMILES string of the molecule is Cc1cc(Br)c(C(=O)CN2CCCC2)cc1C. The smallest absolute Gasteiger partial charge is 0.177 e. The maximum atomic E-state index is 12.2. The monoisotopic (exact) mass is 295 g/mol. The van der Waals surface area contributed by atoms with Crippen LogP contribution in [0.15, 0.2) is 16.6 Å². The van der Waals surface area contributed by atoms with Crippen LogP contribution in [0, 0.1) is 13.8 Å². The highest BCUT2D eigenvalue weighted by Gasteiger charge is 2.18. The van der Waals surface area contributed by atoms with Gasteiger partial charge in [-0.3, -0.25) is 9.69 Å². The van der Waals surface area contributed by atoms with E-state index in [1.807, 2.05) is 12.1 Å². The third kappa shape index (κ3) is 2.96. The van der Waals surface area contributed by atoms with Gasteiger partial charge in [-0.25, -0.2) is 0 Å². The Kier molecular flexibility index (Phi) is 4.00. The van der Waals surface area contributed by atoms with Crippen molar-refractivity contribution >= 4 is 21.7 Å². The standard InChI is InChI=1S/C14H18BrNO/c1-10-7-12(13(15)8-11(10)2)14(17)9-16-5-3-4-6-16/h7-8H,3-6,9H2,1-2H3. The molecule has 0 saturated carbocycles. The number of nitrogens with zero attached hydrogens (tertiary/aromatic N) is 1. The first-order valence-corrected chi connectivity index (χ1v) is 6.89. The summed E-state index contributed by atoms with van der Waals surface area (Å²) in [6.07, 6.45) is 2.45. The lowest BCUT2D eigenvalue weighted by atomic mass is 10.0. The molecule has 2 nitrogen and oxygen atoms in total. The lowest BCUT2D eigenvalue weighted by Gasteiger charge is -2.14. The van der Waals surface area contributed by atoms with Gasteiger partial charge in [0.1, 0.15) is 0 Å². The van der Waals surface area contributed by atoms with Crippen molar-refractivity contribution in [1.29, 1.82) is 0 Å². The zero-order chi connectivity index (χ0) is 12.4. The molecule has 1 aliphatic rings. The van der Waals surface area contributed by atoms with Crippen molar-refractivity contribution in [3.63, 3.8) is 0 Å². The number of ketones is 1. The van der Waals surface area contributed by atoms with Gasteiger partial charge in [0.15, 0.2) is 5.78 Å². The number of likely N-dealkylation sites (tertiary alicyclic amines) is 1.